The topological polar surface area (TPSA) is 58.3 Å². The highest BCUT2D eigenvalue weighted by Gasteiger charge is 2.12. The first-order chi connectivity index (χ1) is 8.10. The number of aliphatic hydroxyl groups is 2. The molecule has 1 rings (SSSR count). The van der Waals surface area contributed by atoms with Crippen LogP contribution in [0, 0.1) is 13.8 Å². The van der Waals surface area contributed by atoms with Crippen LogP contribution >= 0.6 is 11.8 Å². The molecule has 0 bridgehead atoms. The number of hydrogen-bond donors (Lipinski definition) is 2. The minimum absolute atomic E-state index is 0.194. The molecule has 0 aliphatic rings. The number of thioether (sulfide) groups is 1. The third kappa shape index (κ3) is 4.01. The SMILES string of the molecule is CCCCn1c(SCC(O)CO)nc(C)c1C. The number of hydrogen-bond acceptors (Lipinski definition) is 4. The summed E-state index contributed by atoms with van der Waals surface area (Å²) in [4.78, 5) is 4.50. The van der Waals surface area contributed by atoms with E-state index < -0.39 is 6.10 Å². The Bertz CT molecular complexity index is 353. The van der Waals surface area contributed by atoms with Crippen LogP contribution in [0.3, 0.4) is 0 Å². The summed E-state index contributed by atoms with van der Waals surface area (Å²) < 4.78 is 2.20. The first-order valence-electron chi connectivity index (χ1n) is 6.05. The van der Waals surface area contributed by atoms with Crippen molar-refractivity contribution in [3.63, 3.8) is 0 Å². The first kappa shape index (κ1) is 14.5. The second-order valence-electron chi connectivity index (χ2n) is 4.22. The van der Waals surface area contributed by atoms with Crippen molar-refractivity contribution in [1.29, 1.82) is 0 Å². The molecule has 0 fully saturated rings. The Kier molecular flexibility index (Phi) is 6.02. The van der Waals surface area contributed by atoms with E-state index in [2.05, 4.69) is 23.4 Å². The highest BCUT2D eigenvalue weighted by molar-refractivity contribution is 7.99. The van der Waals surface area contributed by atoms with E-state index in [1.54, 1.807) is 0 Å². The molecule has 2 N–H and O–H groups in total. The lowest BCUT2D eigenvalue weighted by molar-refractivity contribution is 0.113. The van der Waals surface area contributed by atoms with Crippen molar-refractivity contribution in [3.05, 3.63) is 11.4 Å². The molecule has 0 aliphatic heterocycles. The summed E-state index contributed by atoms with van der Waals surface area (Å²) in [6.07, 6.45) is 1.62. The summed E-state index contributed by atoms with van der Waals surface area (Å²) in [5.74, 6) is 0.485. The first-order valence-corrected chi connectivity index (χ1v) is 7.04. The summed E-state index contributed by atoms with van der Waals surface area (Å²) in [5, 5.41) is 19.1. The maximum Gasteiger partial charge on any atom is 0.168 e. The van der Waals surface area contributed by atoms with Gasteiger partial charge in [-0.05, 0) is 20.3 Å². The van der Waals surface area contributed by atoms with Gasteiger partial charge in [-0.15, -0.1) is 0 Å². The van der Waals surface area contributed by atoms with Gasteiger partial charge in [0.05, 0.1) is 18.4 Å². The molecule has 0 amide bonds. The molecule has 4 nitrogen and oxygen atoms in total. The van der Waals surface area contributed by atoms with Crippen LogP contribution < -0.4 is 0 Å². The van der Waals surface area contributed by atoms with E-state index >= 15 is 0 Å². The van der Waals surface area contributed by atoms with Gasteiger partial charge in [0.2, 0.25) is 0 Å². The summed E-state index contributed by atoms with van der Waals surface area (Å²) >= 11 is 1.51. The zero-order valence-corrected chi connectivity index (χ0v) is 11.6. The lowest BCUT2D eigenvalue weighted by Crippen LogP contribution is -2.15. The van der Waals surface area contributed by atoms with Gasteiger partial charge in [-0.1, -0.05) is 25.1 Å². The second kappa shape index (κ2) is 7.03. The highest BCUT2D eigenvalue weighted by atomic mass is 32.2. The molecule has 1 atom stereocenters. The van der Waals surface area contributed by atoms with E-state index in [0.29, 0.717) is 5.75 Å². The molecule has 0 aliphatic carbocycles. The van der Waals surface area contributed by atoms with E-state index in [4.69, 9.17) is 5.11 Å². The van der Waals surface area contributed by atoms with Gasteiger partial charge in [0, 0.05) is 18.0 Å². The van der Waals surface area contributed by atoms with Gasteiger partial charge in [0.1, 0.15) is 0 Å². The van der Waals surface area contributed by atoms with Gasteiger partial charge >= 0.3 is 0 Å². The molecule has 5 heteroatoms. The highest BCUT2D eigenvalue weighted by Crippen LogP contribution is 2.22. The lowest BCUT2D eigenvalue weighted by atomic mass is 10.3. The number of nitrogens with zero attached hydrogens (tertiary/aromatic N) is 2. The monoisotopic (exact) mass is 258 g/mol. The maximum absolute atomic E-state index is 9.35. The van der Waals surface area contributed by atoms with Crippen molar-refractivity contribution in [2.75, 3.05) is 12.4 Å². The van der Waals surface area contributed by atoms with Crippen molar-refractivity contribution < 1.29 is 10.2 Å². The molecule has 0 saturated carbocycles. The average molecular weight is 258 g/mol. The molecule has 0 saturated heterocycles. The molecule has 1 aromatic heterocycles. The van der Waals surface area contributed by atoms with Crippen molar-refractivity contribution >= 4 is 11.8 Å². The molecule has 0 aromatic carbocycles. The number of imidazole rings is 1. The molecule has 1 aromatic rings. The van der Waals surface area contributed by atoms with Gasteiger partial charge in [-0.2, -0.15) is 0 Å². The molecule has 1 heterocycles. The fourth-order valence-corrected chi connectivity index (χ4v) is 2.57. The largest absolute Gasteiger partial charge is 0.394 e. The van der Waals surface area contributed by atoms with Crippen LogP contribution in [0.1, 0.15) is 31.2 Å². The van der Waals surface area contributed by atoms with Crippen LogP contribution in [0.5, 0.6) is 0 Å². The lowest BCUT2D eigenvalue weighted by Gasteiger charge is -2.10. The molecule has 17 heavy (non-hydrogen) atoms. The molecule has 1 unspecified atom stereocenters. The van der Waals surface area contributed by atoms with E-state index in [1.165, 1.54) is 17.5 Å². The fourth-order valence-electron chi connectivity index (χ4n) is 1.54. The molecule has 98 valence electrons. The smallest absolute Gasteiger partial charge is 0.168 e. The predicted molar refractivity (Wildman–Crippen MR) is 70.4 cm³/mol. The Labute approximate surface area is 107 Å². The van der Waals surface area contributed by atoms with Crippen LogP contribution in [0.2, 0.25) is 0 Å². The van der Waals surface area contributed by atoms with Gasteiger partial charge < -0.3 is 14.8 Å². The number of aromatic nitrogens is 2. The summed E-state index contributed by atoms with van der Waals surface area (Å²) in [6, 6.07) is 0. The van der Waals surface area contributed by atoms with Crippen molar-refractivity contribution in [1.82, 2.24) is 9.55 Å². The molecule has 0 radical (unpaired) electrons. The maximum atomic E-state index is 9.35. The number of aliphatic hydroxyl groups excluding tert-OH is 2. The number of rotatable bonds is 7. The number of unbranched alkanes of at least 4 members (excludes halogenated alkanes) is 1. The predicted octanol–water partition coefficient (Wildman–Crippen LogP) is 1.75. The van der Waals surface area contributed by atoms with E-state index in [1.807, 2.05) is 6.92 Å². The Hall–Kier alpha value is -0.520. The molecular formula is C12H22N2O2S. The Morgan fingerprint density at radius 2 is 2.12 bits per heavy atom. The molecule has 0 spiro atoms. The van der Waals surface area contributed by atoms with Gasteiger partial charge in [-0.3, -0.25) is 0 Å². The Balaban J connectivity index is 2.72. The normalized spacial score (nSPS) is 13.0. The summed E-state index contributed by atoms with van der Waals surface area (Å²) in [6.45, 7) is 7.03. The van der Waals surface area contributed by atoms with Crippen molar-refractivity contribution in [2.24, 2.45) is 0 Å². The Morgan fingerprint density at radius 3 is 2.71 bits per heavy atom. The third-order valence-electron chi connectivity index (χ3n) is 2.77. The van der Waals surface area contributed by atoms with Crippen LogP contribution in [-0.4, -0.2) is 38.2 Å². The van der Waals surface area contributed by atoms with E-state index in [0.717, 1.165) is 30.2 Å². The minimum Gasteiger partial charge on any atom is -0.394 e. The Morgan fingerprint density at radius 1 is 1.41 bits per heavy atom. The van der Waals surface area contributed by atoms with E-state index in [9.17, 15) is 5.11 Å². The van der Waals surface area contributed by atoms with Crippen LogP contribution in [0.25, 0.3) is 0 Å². The van der Waals surface area contributed by atoms with Crippen molar-refractivity contribution in [3.8, 4) is 0 Å². The quantitative estimate of drug-likeness (QED) is 0.732. The second-order valence-corrected chi connectivity index (χ2v) is 5.20. The number of aryl methyl sites for hydroxylation is 1. The summed E-state index contributed by atoms with van der Waals surface area (Å²) in [7, 11) is 0. The van der Waals surface area contributed by atoms with Crippen LogP contribution in [0.4, 0.5) is 0 Å². The van der Waals surface area contributed by atoms with Crippen molar-refractivity contribution in [2.45, 2.75) is 51.4 Å². The van der Waals surface area contributed by atoms with Gasteiger partial charge in [-0.25, -0.2) is 4.98 Å². The van der Waals surface area contributed by atoms with Crippen LogP contribution in [-0.2, 0) is 6.54 Å². The zero-order chi connectivity index (χ0) is 12.8. The van der Waals surface area contributed by atoms with Gasteiger partial charge in [0.15, 0.2) is 5.16 Å². The van der Waals surface area contributed by atoms with Crippen LogP contribution in [0.15, 0.2) is 5.16 Å². The van der Waals surface area contributed by atoms with E-state index in [-0.39, 0.29) is 6.61 Å². The zero-order valence-electron chi connectivity index (χ0n) is 10.8. The average Bonchev–Trinajstić information content (AvgIpc) is 2.60. The standard InChI is InChI=1S/C12H22N2O2S/c1-4-5-6-14-10(3)9(2)13-12(14)17-8-11(16)7-15/h11,15-16H,4-8H2,1-3H3. The molecular weight excluding hydrogens is 236 g/mol. The fraction of sp³-hybridized carbons (Fsp3) is 0.750. The minimum atomic E-state index is -0.670. The van der Waals surface area contributed by atoms with Gasteiger partial charge in [0.25, 0.3) is 0 Å². The third-order valence-corrected chi connectivity index (χ3v) is 3.89. The summed E-state index contributed by atoms with van der Waals surface area (Å²) in [5.41, 5.74) is 2.24.